The SMILES string of the molecule is NCCCC1OCc2cc(F)ccc2O1. The van der Waals surface area contributed by atoms with Crippen molar-refractivity contribution < 1.29 is 13.9 Å². The predicted molar refractivity (Wildman–Crippen MR) is 53.9 cm³/mol. The van der Waals surface area contributed by atoms with Crippen molar-refractivity contribution in [3.05, 3.63) is 29.6 Å². The summed E-state index contributed by atoms with van der Waals surface area (Å²) in [6, 6.07) is 4.47. The Bertz CT molecular complexity index is 343. The maximum absolute atomic E-state index is 12.9. The minimum absolute atomic E-state index is 0.244. The van der Waals surface area contributed by atoms with Gasteiger partial charge in [-0.1, -0.05) is 0 Å². The number of rotatable bonds is 3. The minimum Gasteiger partial charge on any atom is -0.465 e. The van der Waals surface area contributed by atoms with Crippen molar-refractivity contribution >= 4 is 0 Å². The van der Waals surface area contributed by atoms with Crippen molar-refractivity contribution in [2.45, 2.75) is 25.7 Å². The second-order valence-corrected chi connectivity index (χ2v) is 3.54. The van der Waals surface area contributed by atoms with E-state index in [4.69, 9.17) is 15.2 Å². The van der Waals surface area contributed by atoms with E-state index < -0.39 is 0 Å². The average molecular weight is 211 g/mol. The van der Waals surface area contributed by atoms with Crippen LogP contribution in [-0.2, 0) is 11.3 Å². The van der Waals surface area contributed by atoms with Gasteiger partial charge in [-0.2, -0.15) is 0 Å². The van der Waals surface area contributed by atoms with Gasteiger partial charge in [0.15, 0.2) is 6.29 Å². The highest BCUT2D eigenvalue weighted by Crippen LogP contribution is 2.27. The zero-order valence-electron chi connectivity index (χ0n) is 8.41. The summed E-state index contributed by atoms with van der Waals surface area (Å²) in [4.78, 5) is 0. The molecular weight excluding hydrogens is 197 g/mol. The zero-order chi connectivity index (χ0) is 10.7. The molecule has 0 aromatic heterocycles. The lowest BCUT2D eigenvalue weighted by Crippen LogP contribution is -2.26. The van der Waals surface area contributed by atoms with Gasteiger partial charge in [0.05, 0.1) is 6.61 Å². The third kappa shape index (κ3) is 2.46. The first-order valence-electron chi connectivity index (χ1n) is 5.06. The summed E-state index contributed by atoms with van der Waals surface area (Å²) in [5, 5.41) is 0. The van der Waals surface area contributed by atoms with E-state index in [-0.39, 0.29) is 12.1 Å². The number of fused-ring (bicyclic) bond motifs is 1. The van der Waals surface area contributed by atoms with Crippen LogP contribution in [0.2, 0.25) is 0 Å². The van der Waals surface area contributed by atoms with E-state index in [0.717, 1.165) is 18.4 Å². The first-order chi connectivity index (χ1) is 7.29. The Morgan fingerprint density at radius 2 is 2.33 bits per heavy atom. The molecule has 1 aromatic rings. The average Bonchev–Trinajstić information content (AvgIpc) is 2.26. The van der Waals surface area contributed by atoms with Gasteiger partial charge in [0.25, 0.3) is 0 Å². The fourth-order valence-electron chi connectivity index (χ4n) is 1.56. The molecule has 1 atom stereocenters. The second-order valence-electron chi connectivity index (χ2n) is 3.54. The monoisotopic (exact) mass is 211 g/mol. The molecule has 82 valence electrons. The van der Waals surface area contributed by atoms with Crippen LogP contribution in [0, 0.1) is 5.82 Å². The van der Waals surface area contributed by atoms with Crippen LogP contribution >= 0.6 is 0 Å². The molecule has 1 aliphatic heterocycles. The van der Waals surface area contributed by atoms with Crippen LogP contribution in [-0.4, -0.2) is 12.8 Å². The third-order valence-corrected chi connectivity index (χ3v) is 2.35. The fourth-order valence-corrected chi connectivity index (χ4v) is 1.56. The molecule has 0 aliphatic carbocycles. The molecule has 15 heavy (non-hydrogen) atoms. The number of hydrogen-bond acceptors (Lipinski definition) is 3. The van der Waals surface area contributed by atoms with Gasteiger partial charge in [-0.15, -0.1) is 0 Å². The summed E-state index contributed by atoms with van der Waals surface area (Å²) in [5.74, 6) is 0.450. The van der Waals surface area contributed by atoms with Crippen LogP contribution in [0.1, 0.15) is 18.4 Å². The highest BCUT2D eigenvalue weighted by Gasteiger charge is 2.19. The summed E-state index contributed by atoms with van der Waals surface area (Å²) < 4.78 is 23.8. The molecule has 0 saturated carbocycles. The first-order valence-corrected chi connectivity index (χ1v) is 5.06. The van der Waals surface area contributed by atoms with E-state index >= 15 is 0 Å². The molecule has 3 nitrogen and oxygen atoms in total. The van der Waals surface area contributed by atoms with Gasteiger partial charge in [0, 0.05) is 12.0 Å². The summed E-state index contributed by atoms with van der Waals surface area (Å²) in [6.07, 6.45) is 1.39. The molecule has 0 bridgehead atoms. The maximum atomic E-state index is 12.9. The topological polar surface area (TPSA) is 44.5 Å². The molecule has 0 amide bonds. The van der Waals surface area contributed by atoms with Crippen molar-refractivity contribution in [2.24, 2.45) is 5.73 Å². The van der Waals surface area contributed by atoms with Crippen LogP contribution < -0.4 is 10.5 Å². The van der Waals surface area contributed by atoms with E-state index in [1.807, 2.05) is 0 Å². The quantitative estimate of drug-likeness (QED) is 0.829. The van der Waals surface area contributed by atoms with Crippen molar-refractivity contribution in [2.75, 3.05) is 6.54 Å². The number of hydrogen-bond donors (Lipinski definition) is 1. The van der Waals surface area contributed by atoms with E-state index in [2.05, 4.69) is 0 Å². The minimum atomic E-state index is -0.263. The van der Waals surface area contributed by atoms with Crippen molar-refractivity contribution in [1.29, 1.82) is 0 Å². The van der Waals surface area contributed by atoms with E-state index in [1.165, 1.54) is 12.1 Å². The molecule has 1 aromatic carbocycles. The first kappa shape index (κ1) is 10.4. The highest BCUT2D eigenvalue weighted by molar-refractivity contribution is 5.34. The van der Waals surface area contributed by atoms with E-state index in [9.17, 15) is 4.39 Å². The smallest absolute Gasteiger partial charge is 0.200 e. The van der Waals surface area contributed by atoms with Gasteiger partial charge >= 0.3 is 0 Å². The maximum Gasteiger partial charge on any atom is 0.200 e. The van der Waals surface area contributed by atoms with Crippen LogP contribution in [0.5, 0.6) is 5.75 Å². The number of halogens is 1. The normalized spacial score (nSPS) is 19.5. The van der Waals surface area contributed by atoms with Crippen LogP contribution in [0.25, 0.3) is 0 Å². The fraction of sp³-hybridized carbons (Fsp3) is 0.455. The van der Waals surface area contributed by atoms with Gasteiger partial charge in [-0.25, -0.2) is 4.39 Å². The lowest BCUT2D eigenvalue weighted by molar-refractivity contribution is -0.112. The van der Waals surface area contributed by atoms with Crippen LogP contribution in [0.15, 0.2) is 18.2 Å². The molecule has 4 heteroatoms. The molecule has 2 N–H and O–H groups in total. The van der Waals surface area contributed by atoms with Crippen LogP contribution in [0.4, 0.5) is 4.39 Å². The lowest BCUT2D eigenvalue weighted by atomic mass is 10.2. The van der Waals surface area contributed by atoms with Gasteiger partial charge in [0.1, 0.15) is 11.6 Å². The highest BCUT2D eigenvalue weighted by atomic mass is 19.1. The van der Waals surface area contributed by atoms with Gasteiger partial charge in [-0.05, 0) is 31.2 Å². The Balaban J connectivity index is 2.03. The Kier molecular flexibility index (Phi) is 3.18. The number of nitrogens with two attached hydrogens (primary N) is 1. The van der Waals surface area contributed by atoms with Gasteiger partial charge in [0.2, 0.25) is 0 Å². The molecule has 2 rings (SSSR count). The van der Waals surface area contributed by atoms with Crippen molar-refractivity contribution in [3.8, 4) is 5.75 Å². The molecule has 1 aliphatic rings. The standard InChI is InChI=1S/C11H14FNO2/c12-9-3-4-10-8(6-9)7-14-11(15-10)2-1-5-13/h3-4,6,11H,1-2,5,7,13H2. The van der Waals surface area contributed by atoms with Crippen molar-refractivity contribution in [3.63, 3.8) is 0 Å². The zero-order valence-corrected chi connectivity index (χ0v) is 8.41. The van der Waals surface area contributed by atoms with Crippen molar-refractivity contribution in [1.82, 2.24) is 0 Å². The Labute approximate surface area is 88.0 Å². The second kappa shape index (κ2) is 4.59. The molecule has 0 spiro atoms. The predicted octanol–water partition coefficient (Wildman–Crippen LogP) is 1.80. The molecule has 0 saturated heterocycles. The van der Waals surface area contributed by atoms with Gasteiger partial charge in [-0.3, -0.25) is 0 Å². The molecule has 1 heterocycles. The summed E-state index contributed by atoms with van der Waals surface area (Å²) >= 11 is 0. The summed E-state index contributed by atoms with van der Waals surface area (Å²) in [7, 11) is 0. The number of ether oxygens (including phenoxy) is 2. The summed E-state index contributed by atoms with van der Waals surface area (Å²) in [5.41, 5.74) is 6.16. The Morgan fingerprint density at radius 3 is 3.13 bits per heavy atom. The molecule has 0 fully saturated rings. The Morgan fingerprint density at radius 1 is 1.47 bits per heavy atom. The van der Waals surface area contributed by atoms with E-state index in [1.54, 1.807) is 6.07 Å². The van der Waals surface area contributed by atoms with Crippen LogP contribution in [0.3, 0.4) is 0 Å². The molecular formula is C11H14FNO2. The molecule has 1 unspecified atom stereocenters. The largest absolute Gasteiger partial charge is 0.465 e. The van der Waals surface area contributed by atoms with Gasteiger partial charge < -0.3 is 15.2 Å². The number of benzene rings is 1. The summed E-state index contributed by atoms with van der Waals surface area (Å²) in [6.45, 7) is 1.03. The molecule has 0 radical (unpaired) electrons. The lowest BCUT2D eigenvalue weighted by Gasteiger charge is -2.26. The third-order valence-electron chi connectivity index (χ3n) is 2.35. The van der Waals surface area contributed by atoms with E-state index in [0.29, 0.717) is 18.9 Å². The Hall–Kier alpha value is -1.13.